The zero-order chi connectivity index (χ0) is 15.2. The molecule has 0 fully saturated rings. The fourth-order valence-electron chi connectivity index (χ4n) is 1.69. The molecule has 21 heavy (non-hydrogen) atoms. The van der Waals surface area contributed by atoms with Gasteiger partial charge in [-0.3, -0.25) is 0 Å². The highest BCUT2D eigenvalue weighted by atomic mass is 19.1. The quantitative estimate of drug-likeness (QED) is 0.852. The zero-order valence-corrected chi connectivity index (χ0v) is 11.2. The van der Waals surface area contributed by atoms with Gasteiger partial charge >= 0.3 is 5.97 Å². The largest absolute Gasteiger partial charge is 0.497 e. The van der Waals surface area contributed by atoms with Crippen molar-refractivity contribution in [1.82, 2.24) is 0 Å². The van der Waals surface area contributed by atoms with Crippen LogP contribution in [0.2, 0.25) is 0 Å². The number of aliphatic carboxylic acids is 1. The first-order chi connectivity index (χ1) is 10.1. The normalized spacial score (nSPS) is 10.6. The Balaban J connectivity index is 2.20. The van der Waals surface area contributed by atoms with Crippen LogP contribution in [0.3, 0.4) is 0 Å². The van der Waals surface area contributed by atoms with Gasteiger partial charge in [0.1, 0.15) is 23.1 Å². The summed E-state index contributed by atoms with van der Waals surface area (Å²) in [7, 11) is 1.56. The molecular weight excluding hydrogens is 275 g/mol. The SMILES string of the molecule is COc1ccc(Oc2cc(F)cc(/C=C/C(=O)O)c2)cc1. The fraction of sp³-hybridized carbons (Fsp3) is 0.0625. The summed E-state index contributed by atoms with van der Waals surface area (Å²) in [6.07, 6.45) is 2.23. The number of rotatable bonds is 5. The second-order valence-electron chi connectivity index (χ2n) is 4.17. The minimum absolute atomic E-state index is 0.283. The van der Waals surface area contributed by atoms with Gasteiger partial charge in [0.25, 0.3) is 0 Å². The van der Waals surface area contributed by atoms with Crippen LogP contribution in [0, 0.1) is 5.82 Å². The molecule has 2 aromatic rings. The molecule has 0 unspecified atom stereocenters. The molecule has 0 heterocycles. The molecule has 0 saturated carbocycles. The Morgan fingerprint density at radius 3 is 2.38 bits per heavy atom. The predicted octanol–water partition coefficient (Wildman–Crippen LogP) is 3.72. The Morgan fingerprint density at radius 2 is 1.76 bits per heavy atom. The van der Waals surface area contributed by atoms with E-state index in [1.165, 1.54) is 18.2 Å². The smallest absolute Gasteiger partial charge is 0.328 e. The van der Waals surface area contributed by atoms with Crippen molar-refractivity contribution in [3.8, 4) is 17.2 Å². The minimum Gasteiger partial charge on any atom is -0.497 e. The molecule has 0 spiro atoms. The molecule has 108 valence electrons. The van der Waals surface area contributed by atoms with Gasteiger partial charge in [-0.2, -0.15) is 0 Å². The summed E-state index contributed by atoms with van der Waals surface area (Å²) < 4.78 is 24.1. The van der Waals surface area contributed by atoms with Crippen LogP contribution >= 0.6 is 0 Å². The summed E-state index contributed by atoms with van der Waals surface area (Å²) in [5, 5.41) is 8.57. The molecule has 1 N–H and O–H groups in total. The van der Waals surface area contributed by atoms with E-state index in [0.717, 1.165) is 6.08 Å². The van der Waals surface area contributed by atoms with Crippen LogP contribution in [0.4, 0.5) is 4.39 Å². The topological polar surface area (TPSA) is 55.8 Å². The lowest BCUT2D eigenvalue weighted by atomic mass is 10.2. The van der Waals surface area contributed by atoms with Crippen LogP contribution < -0.4 is 9.47 Å². The Kier molecular flexibility index (Phi) is 4.56. The summed E-state index contributed by atoms with van der Waals surface area (Å²) in [5.74, 6) is -0.116. The summed E-state index contributed by atoms with van der Waals surface area (Å²) in [5.41, 5.74) is 0.404. The van der Waals surface area contributed by atoms with E-state index in [9.17, 15) is 9.18 Å². The highest BCUT2D eigenvalue weighted by molar-refractivity contribution is 5.85. The zero-order valence-electron chi connectivity index (χ0n) is 11.2. The van der Waals surface area contributed by atoms with Gasteiger partial charge in [0, 0.05) is 12.1 Å². The van der Waals surface area contributed by atoms with E-state index in [1.807, 2.05) is 0 Å². The molecule has 0 saturated heterocycles. The maximum absolute atomic E-state index is 13.5. The number of carboxylic acids is 1. The molecular formula is C16H13FO4. The third kappa shape index (κ3) is 4.35. The lowest BCUT2D eigenvalue weighted by Crippen LogP contribution is -1.89. The van der Waals surface area contributed by atoms with E-state index >= 15 is 0 Å². The van der Waals surface area contributed by atoms with E-state index < -0.39 is 11.8 Å². The van der Waals surface area contributed by atoms with Crippen LogP contribution in [-0.2, 0) is 4.79 Å². The van der Waals surface area contributed by atoms with Crippen molar-refractivity contribution in [1.29, 1.82) is 0 Å². The number of halogens is 1. The number of carboxylic acid groups (broad SMARTS) is 1. The molecule has 0 amide bonds. The molecule has 0 aliphatic carbocycles. The van der Waals surface area contributed by atoms with Crippen LogP contribution in [-0.4, -0.2) is 18.2 Å². The maximum Gasteiger partial charge on any atom is 0.328 e. The first kappa shape index (κ1) is 14.6. The van der Waals surface area contributed by atoms with Crippen LogP contribution in [0.15, 0.2) is 48.5 Å². The number of benzene rings is 2. The Bertz CT molecular complexity index is 662. The molecule has 2 aromatic carbocycles. The molecule has 0 aliphatic heterocycles. The van der Waals surface area contributed by atoms with Gasteiger partial charge in [0.05, 0.1) is 7.11 Å². The Morgan fingerprint density at radius 1 is 1.10 bits per heavy atom. The first-order valence-corrected chi connectivity index (χ1v) is 6.10. The highest BCUT2D eigenvalue weighted by Crippen LogP contribution is 2.25. The molecule has 0 bridgehead atoms. The number of hydrogen-bond donors (Lipinski definition) is 1. The average molecular weight is 288 g/mol. The lowest BCUT2D eigenvalue weighted by molar-refractivity contribution is -0.131. The third-order valence-electron chi connectivity index (χ3n) is 2.61. The van der Waals surface area contributed by atoms with E-state index in [0.29, 0.717) is 17.1 Å². The standard InChI is InChI=1S/C16H13FO4/c1-20-13-3-5-14(6-4-13)21-15-9-11(2-7-16(18)19)8-12(17)10-15/h2-10H,1H3,(H,18,19)/b7-2+. The Hall–Kier alpha value is -2.82. The summed E-state index contributed by atoms with van der Waals surface area (Å²) in [4.78, 5) is 10.5. The maximum atomic E-state index is 13.5. The third-order valence-corrected chi connectivity index (χ3v) is 2.61. The number of ether oxygens (including phenoxy) is 2. The first-order valence-electron chi connectivity index (χ1n) is 6.10. The predicted molar refractivity (Wildman–Crippen MR) is 76.1 cm³/mol. The van der Waals surface area contributed by atoms with E-state index in [4.69, 9.17) is 14.6 Å². The monoisotopic (exact) mass is 288 g/mol. The summed E-state index contributed by atoms with van der Waals surface area (Å²) in [6.45, 7) is 0. The second-order valence-corrected chi connectivity index (χ2v) is 4.17. The minimum atomic E-state index is -1.10. The number of hydrogen-bond acceptors (Lipinski definition) is 3. The number of carbonyl (C=O) groups is 1. The fourth-order valence-corrected chi connectivity index (χ4v) is 1.69. The molecule has 0 aromatic heterocycles. The summed E-state index contributed by atoms with van der Waals surface area (Å²) >= 11 is 0. The van der Waals surface area contributed by atoms with Gasteiger partial charge in [0.15, 0.2) is 0 Å². The van der Waals surface area contributed by atoms with Crippen molar-refractivity contribution in [2.75, 3.05) is 7.11 Å². The highest BCUT2D eigenvalue weighted by Gasteiger charge is 2.03. The van der Waals surface area contributed by atoms with Crippen molar-refractivity contribution < 1.29 is 23.8 Å². The van der Waals surface area contributed by atoms with Crippen molar-refractivity contribution >= 4 is 12.0 Å². The van der Waals surface area contributed by atoms with Crippen molar-refractivity contribution in [2.24, 2.45) is 0 Å². The Labute approximate surface area is 121 Å². The van der Waals surface area contributed by atoms with Crippen molar-refractivity contribution in [3.63, 3.8) is 0 Å². The van der Waals surface area contributed by atoms with Gasteiger partial charge in [0.2, 0.25) is 0 Å². The average Bonchev–Trinajstić information content (AvgIpc) is 2.45. The van der Waals surface area contributed by atoms with Crippen LogP contribution in [0.1, 0.15) is 5.56 Å². The lowest BCUT2D eigenvalue weighted by Gasteiger charge is -2.07. The van der Waals surface area contributed by atoms with E-state index in [-0.39, 0.29) is 5.75 Å². The van der Waals surface area contributed by atoms with Gasteiger partial charge in [-0.25, -0.2) is 9.18 Å². The summed E-state index contributed by atoms with van der Waals surface area (Å²) in [6, 6.07) is 10.8. The van der Waals surface area contributed by atoms with Gasteiger partial charge in [-0.15, -0.1) is 0 Å². The van der Waals surface area contributed by atoms with Crippen molar-refractivity contribution in [2.45, 2.75) is 0 Å². The van der Waals surface area contributed by atoms with Crippen LogP contribution in [0.25, 0.3) is 6.08 Å². The molecule has 5 heteroatoms. The molecule has 0 aliphatic rings. The van der Waals surface area contributed by atoms with Gasteiger partial charge < -0.3 is 14.6 Å². The molecule has 4 nitrogen and oxygen atoms in total. The molecule has 2 rings (SSSR count). The molecule has 0 atom stereocenters. The van der Waals surface area contributed by atoms with Crippen molar-refractivity contribution in [3.05, 3.63) is 59.9 Å². The van der Waals surface area contributed by atoms with Gasteiger partial charge in [-0.1, -0.05) is 0 Å². The molecule has 0 radical (unpaired) electrons. The van der Waals surface area contributed by atoms with E-state index in [2.05, 4.69) is 0 Å². The second kappa shape index (κ2) is 6.56. The van der Waals surface area contributed by atoms with Crippen LogP contribution in [0.5, 0.6) is 17.2 Å². The van der Waals surface area contributed by atoms with Gasteiger partial charge in [-0.05, 0) is 48.0 Å². The number of methoxy groups -OCH3 is 1. The van der Waals surface area contributed by atoms with E-state index in [1.54, 1.807) is 37.4 Å².